The molecule has 4 rings (SSSR count). The van der Waals surface area contributed by atoms with Gasteiger partial charge in [-0.25, -0.2) is 9.97 Å². The predicted molar refractivity (Wildman–Crippen MR) is 141 cm³/mol. The van der Waals surface area contributed by atoms with Crippen LogP contribution in [0.5, 0.6) is 17.2 Å². The third-order valence-corrected chi connectivity index (χ3v) is 7.05. The summed E-state index contributed by atoms with van der Waals surface area (Å²) in [5.74, 6) is 1.05. The van der Waals surface area contributed by atoms with Gasteiger partial charge in [0.1, 0.15) is 10.6 Å². The SMILES string of the molecule is COc1ccc(Cc2nc(NC(=O)c3sc(C)nc3C(F)(F)F)n(C)c2Cc2ccc(OC)c(OC)c2)cc1. The number of aromatic nitrogens is 3. The van der Waals surface area contributed by atoms with E-state index in [1.165, 1.54) is 6.92 Å². The van der Waals surface area contributed by atoms with Crippen LogP contribution in [0.15, 0.2) is 42.5 Å². The Morgan fingerprint density at radius 2 is 1.62 bits per heavy atom. The maximum absolute atomic E-state index is 13.5. The van der Waals surface area contributed by atoms with Crippen molar-refractivity contribution in [1.82, 2.24) is 14.5 Å². The zero-order chi connectivity index (χ0) is 28.3. The van der Waals surface area contributed by atoms with E-state index < -0.39 is 22.7 Å². The number of rotatable bonds is 9. The highest BCUT2D eigenvalue weighted by atomic mass is 32.1. The summed E-state index contributed by atoms with van der Waals surface area (Å²) in [4.78, 5) is 20.6. The number of methoxy groups -OCH3 is 3. The lowest BCUT2D eigenvalue weighted by Crippen LogP contribution is -2.19. The van der Waals surface area contributed by atoms with Gasteiger partial charge in [-0.05, 0) is 42.3 Å². The maximum Gasteiger partial charge on any atom is 0.435 e. The van der Waals surface area contributed by atoms with E-state index in [0.29, 0.717) is 47.1 Å². The van der Waals surface area contributed by atoms with Crippen LogP contribution < -0.4 is 19.5 Å². The fourth-order valence-corrected chi connectivity index (χ4v) is 4.95. The molecule has 0 fully saturated rings. The average molecular weight is 561 g/mol. The Labute approximate surface area is 227 Å². The first kappa shape index (κ1) is 28.0. The number of ether oxygens (including phenoxy) is 3. The lowest BCUT2D eigenvalue weighted by Gasteiger charge is -2.12. The van der Waals surface area contributed by atoms with Crippen LogP contribution >= 0.6 is 11.3 Å². The van der Waals surface area contributed by atoms with Crippen LogP contribution in [-0.2, 0) is 26.1 Å². The first-order valence-corrected chi connectivity index (χ1v) is 12.6. The smallest absolute Gasteiger partial charge is 0.435 e. The first-order chi connectivity index (χ1) is 18.5. The van der Waals surface area contributed by atoms with Crippen LogP contribution in [0.4, 0.5) is 19.1 Å². The van der Waals surface area contributed by atoms with Gasteiger partial charge in [-0.2, -0.15) is 13.2 Å². The molecular weight excluding hydrogens is 533 g/mol. The van der Waals surface area contributed by atoms with Crippen molar-refractivity contribution >= 4 is 23.2 Å². The number of amides is 1. The molecule has 39 heavy (non-hydrogen) atoms. The molecule has 0 bridgehead atoms. The van der Waals surface area contributed by atoms with E-state index in [0.717, 1.165) is 16.8 Å². The number of alkyl halides is 3. The van der Waals surface area contributed by atoms with Gasteiger partial charge in [0.15, 0.2) is 17.2 Å². The third-order valence-electron chi connectivity index (χ3n) is 6.08. The van der Waals surface area contributed by atoms with E-state index in [1.807, 2.05) is 36.4 Å². The molecule has 0 spiro atoms. The molecule has 2 aromatic heterocycles. The van der Waals surface area contributed by atoms with Crippen LogP contribution in [-0.4, -0.2) is 41.8 Å². The average Bonchev–Trinajstić information content (AvgIpc) is 3.45. The van der Waals surface area contributed by atoms with Gasteiger partial charge in [0.2, 0.25) is 5.95 Å². The van der Waals surface area contributed by atoms with Crippen molar-refractivity contribution in [3.8, 4) is 17.2 Å². The number of hydrogen-bond acceptors (Lipinski definition) is 7. The quantitative estimate of drug-likeness (QED) is 0.284. The standard InChI is InChI=1S/C27H27F3N4O4S/c1-15-31-24(27(28,29)30)23(39-15)25(35)33-26-32-19(12-16-6-9-18(36-3)10-7-16)20(34(26)2)13-17-8-11-21(37-4)22(14-17)38-5/h6-11,14H,12-13H2,1-5H3,(H,32,33,35). The molecule has 0 aliphatic heterocycles. The minimum absolute atomic E-state index is 0.123. The van der Waals surface area contributed by atoms with Gasteiger partial charge in [-0.1, -0.05) is 18.2 Å². The summed E-state index contributed by atoms with van der Waals surface area (Å²) in [5.41, 5.74) is 2.05. The lowest BCUT2D eigenvalue weighted by atomic mass is 10.0. The summed E-state index contributed by atoms with van der Waals surface area (Å²) < 4.78 is 58.1. The first-order valence-electron chi connectivity index (χ1n) is 11.8. The Hall–Kier alpha value is -4.06. The number of carbonyl (C=O) groups is 1. The fourth-order valence-electron chi connectivity index (χ4n) is 4.11. The molecule has 0 radical (unpaired) electrons. The molecule has 1 N–H and O–H groups in total. The molecule has 8 nitrogen and oxygen atoms in total. The molecule has 0 unspecified atom stereocenters. The van der Waals surface area contributed by atoms with Crippen LogP contribution in [0.1, 0.15) is 42.9 Å². The monoisotopic (exact) mass is 560 g/mol. The topological polar surface area (TPSA) is 87.5 Å². The Morgan fingerprint density at radius 3 is 2.23 bits per heavy atom. The van der Waals surface area contributed by atoms with Gasteiger partial charge >= 0.3 is 6.18 Å². The van der Waals surface area contributed by atoms with Crippen molar-refractivity contribution < 1.29 is 32.2 Å². The molecule has 2 aromatic carbocycles. The zero-order valence-corrected chi connectivity index (χ0v) is 22.8. The summed E-state index contributed by atoms with van der Waals surface area (Å²) in [6.07, 6.45) is -3.92. The van der Waals surface area contributed by atoms with Gasteiger partial charge < -0.3 is 18.8 Å². The molecule has 0 aliphatic carbocycles. The Morgan fingerprint density at radius 1 is 0.949 bits per heavy atom. The number of hydrogen-bond donors (Lipinski definition) is 1. The number of aryl methyl sites for hydroxylation is 1. The minimum Gasteiger partial charge on any atom is -0.497 e. The normalized spacial score (nSPS) is 11.4. The number of benzene rings is 2. The van der Waals surface area contributed by atoms with E-state index in [1.54, 1.807) is 39.0 Å². The molecule has 12 heteroatoms. The van der Waals surface area contributed by atoms with E-state index in [2.05, 4.69) is 15.3 Å². The third kappa shape index (κ3) is 6.17. The highest BCUT2D eigenvalue weighted by Gasteiger charge is 2.39. The summed E-state index contributed by atoms with van der Waals surface area (Å²) in [6, 6.07) is 13.0. The van der Waals surface area contributed by atoms with Gasteiger partial charge in [0, 0.05) is 25.6 Å². The molecule has 206 valence electrons. The van der Waals surface area contributed by atoms with Crippen molar-refractivity contribution in [3.05, 3.63) is 80.6 Å². The highest BCUT2D eigenvalue weighted by molar-refractivity contribution is 7.13. The van der Waals surface area contributed by atoms with E-state index in [9.17, 15) is 18.0 Å². The van der Waals surface area contributed by atoms with Crippen LogP contribution in [0.25, 0.3) is 0 Å². The second-order valence-corrected chi connectivity index (χ2v) is 9.84. The molecular formula is C27H27F3N4O4S. The number of thiazole rings is 1. The van der Waals surface area contributed by atoms with E-state index in [4.69, 9.17) is 14.2 Å². The van der Waals surface area contributed by atoms with Crippen molar-refractivity contribution in [2.24, 2.45) is 7.05 Å². The second-order valence-electron chi connectivity index (χ2n) is 8.64. The van der Waals surface area contributed by atoms with Gasteiger partial charge in [-0.15, -0.1) is 11.3 Å². The van der Waals surface area contributed by atoms with Crippen molar-refractivity contribution in [2.75, 3.05) is 26.6 Å². The number of carbonyl (C=O) groups excluding carboxylic acids is 1. The molecule has 0 saturated heterocycles. The summed E-state index contributed by atoms with van der Waals surface area (Å²) in [5, 5.41) is 2.70. The van der Waals surface area contributed by atoms with Crippen molar-refractivity contribution in [3.63, 3.8) is 0 Å². The number of anilines is 1. The minimum atomic E-state index is -4.75. The number of nitrogens with zero attached hydrogens (tertiary/aromatic N) is 3. The molecule has 2 heterocycles. The fraction of sp³-hybridized carbons (Fsp3) is 0.296. The zero-order valence-electron chi connectivity index (χ0n) is 22.0. The lowest BCUT2D eigenvalue weighted by molar-refractivity contribution is -0.141. The Bertz CT molecular complexity index is 1480. The van der Waals surface area contributed by atoms with Crippen LogP contribution in [0, 0.1) is 6.92 Å². The largest absolute Gasteiger partial charge is 0.497 e. The number of imidazole rings is 1. The van der Waals surface area contributed by atoms with Crippen molar-refractivity contribution in [2.45, 2.75) is 25.9 Å². The summed E-state index contributed by atoms with van der Waals surface area (Å²) >= 11 is 0.684. The van der Waals surface area contributed by atoms with Crippen LogP contribution in [0.2, 0.25) is 0 Å². The van der Waals surface area contributed by atoms with Crippen LogP contribution in [0.3, 0.4) is 0 Å². The molecule has 0 atom stereocenters. The van der Waals surface area contributed by atoms with E-state index >= 15 is 0 Å². The summed E-state index contributed by atoms with van der Waals surface area (Å²) in [7, 11) is 6.39. The predicted octanol–water partition coefficient (Wildman–Crippen LogP) is 5.66. The highest BCUT2D eigenvalue weighted by Crippen LogP contribution is 2.35. The van der Waals surface area contributed by atoms with Crippen molar-refractivity contribution in [1.29, 1.82) is 0 Å². The van der Waals surface area contributed by atoms with Gasteiger partial charge in [0.25, 0.3) is 5.91 Å². The van der Waals surface area contributed by atoms with E-state index in [-0.39, 0.29) is 11.0 Å². The summed E-state index contributed by atoms with van der Waals surface area (Å²) in [6.45, 7) is 1.42. The molecule has 0 aliphatic rings. The molecule has 0 saturated carbocycles. The molecule has 1 amide bonds. The molecule has 4 aromatic rings. The maximum atomic E-state index is 13.5. The second kappa shape index (κ2) is 11.4. The van der Waals surface area contributed by atoms with Gasteiger partial charge in [0.05, 0.1) is 32.0 Å². The Kier molecular flexibility index (Phi) is 8.14. The Balaban J connectivity index is 1.71. The number of nitrogens with one attached hydrogen (secondary N) is 1. The number of halogens is 3. The van der Waals surface area contributed by atoms with Gasteiger partial charge in [-0.3, -0.25) is 10.1 Å².